The summed E-state index contributed by atoms with van der Waals surface area (Å²) in [5.41, 5.74) is 7.35. The van der Waals surface area contributed by atoms with Crippen molar-refractivity contribution < 1.29 is 4.79 Å². The smallest absolute Gasteiger partial charge is 0.263 e. The quantitative estimate of drug-likeness (QED) is 0.913. The molecule has 0 spiro atoms. The Kier molecular flexibility index (Phi) is 4.38. The Balaban J connectivity index is 1.66. The van der Waals surface area contributed by atoms with Crippen LogP contribution in [0.1, 0.15) is 39.9 Å². The lowest BCUT2D eigenvalue weighted by Crippen LogP contribution is -2.42. The van der Waals surface area contributed by atoms with Crippen LogP contribution in [0.2, 0.25) is 0 Å². The van der Waals surface area contributed by atoms with Gasteiger partial charge in [-0.3, -0.25) is 4.79 Å². The molecule has 3 nitrogen and oxygen atoms in total. The third-order valence-electron chi connectivity index (χ3n) is 4.41. The third-order valence-corrected chi connectivity index (χ3v) is 6.64. The van der Waals surface area contributed by atoms with Crippen molar-refractivity contribution >= 4 is 29.0 Å². The maximum absolute atomic E-state index is 12.6. The largest absolute Gasteiger partial charge is 0.338 e. The SMILES string of the molecule is CC(N)C1CCN(C(=O)c2cc3c(s2)CCSC3)CC1. The van der Waals surface area contributed by atoms with Crippen molar-refractivity contribution in [3.05, 3.63) is 21.4 Å². The molecule has 0 aromatic carbocycles. The van der Waals surface area contributed by atoms with Gasteiger partial charge in [0.25, 0.3) is 5.91 Å². The van der Waals surface area contributed by atoms with Gasteiger partial charge in [0.2, 0.25) is 0 Å². The molecule has 0 bridgehead atoms. The van der Waals surface area contributed by atoms with Gasteiger partial charge in [0.15, 0.2) is 0 Å². The summed E-state index contributed by atoms with van der Waals surface area (Å²) in [4.78, 5) is 17.0. The first-order valence-corrected chi connectivity index (χ1v) is 9.36. The summed E-state index contributed by atoms with van der Waals surface area (Å²) in [6.07, 6.45) is 3.22. The van der Waals surface area contributed by atoms with E-state index in [1.807, 2.05) is 16.7 Å². The van der Waals surface area contributed by atoms with Crippen LogP contribution in [0.15, 0.2) is 6.07 Å². The molecular weight excluding hydrogens is 288 g/mol. The Hall–Kier alpha value is -0.520. The summed E-state index contributed by atoms with van der Waals surface area (Å²) in [6.45, 7) is 3.80. The minimum Gasteiger partial charge on any atom is -0.338 e. The van der Waals surface area contributed by atoms with Crippen LogP contribution in [0.4, 0.5) is 0 Å². The van der Waals surface area contributed by atoms with Gasteiger partial charge in [-0.15, -0.1) is 11.3 Å². The van der Waals surface area contributed by atoms with E-state index >= 15 is 0 Å². The van der Waals surface area contributed by atoms with Gasteiger partial charge in [0, 0.05) is 29.8 Å². The van der Waals surface area contributed by atoms with Crippen LogP contribution in [-0.2, 0) is 12.2 Å². The molecule has 1 aromatic rings. The Labute approximate surface area is 128 Å². The molecule has 1 fully saturated rings. The Bertz CT molecular complexity index is 467. The number of nitrogens with zero attached hydrogens (tertiary/aromatic N) is 1. The van der Waals surface area contributed by atoms with Gasteiger partial charge in [0.1, 0.15) is 0 Å². The van der Waals surface area contributed by atoms with Gasteiger partial charge in [0.05, 0.1) is 4.88 Å². The predicted molar refractivity (Wildman–Crippen MR) is 86.5 cm³/mol. The van der Waals surface area contributed by atoms with Gasteiger partial charge >= 0.3 is 0 Å². The fourth-order valence-corrected chi connectivity index (χ4v) is 5.38. The summed E-state index contributed by atoms with van der Waals surface area (Å²) in [5, 5.41) is 0. The van der Waals surface area contributed by atoms with Gasteiger partial charge < -0.3 is 10.6 Å². The molecule has 1 amide bonds. The zero-order chi connectivity index (χ0) is 14.1. The number of nitrogens with two attached hydrogens (primary N) is 1. The van der Waals surface area contributed by atoms with Crippen LogP contribution < -0.4 is 5.73 Å². The van der Waals surface area contributed by atoms with Crippen LogP contribution in [0, 0.1) is 5.92 Å². The average molecular weight is 310 g/mol. The molecule has 2 N–H and O–H groups in total. The first-order chi connectivity index (χ1) is 9.65. The second-order valence-corrected chi connectivity index (χ2v) is 8.09. The highest BCUT2D eigenvalue weighted by Crippen LogP contribution is 2.33. The molecule has 1 aromatic heterocycles. The zero-order valence-corrected chi connectivity index (χ0v) is 13.6. The van der Waals surface area contributed by atoms with Gasteiger partial charge in [-0.1, -0.05) is 0 Å². The molecule has 0 aliphatic carbocycles. The Morgan fingerprint density at radius 1 is 1.45 bits per heavy atom. The van der Waals surface area contributed by atoms with E-state index in [0.29, 0.717) is 5.92 Å². The molecule has 3 rings (SSSR count). The molecule has 2 aliphatic rings. The molecule has 0 radical (unpaired) electrons. The number of fused-ring (bicyclic) bond motifs is 1. The Morgan fingerprint density at radius 2 is 2.20 bits per heavy atom. The van der Waals surface area contributed by atoms with Crippen molar-refractivity contribution in [2.45, 2.75) is 38.0 Å². The average Bonchev–Trinajstić information content (AvgIpc) is 2.90. The lowest BCUT2D eigenvalue weighted by atomic mass is 9.91. The number of aryl methyl sites for hydroxylation is 1. The highest BCUT2D eigenvalue weighted by molar-refractivity contribution is 7.98. The molecule has 110 valence electrons. The lowest BCUT2D eigenvalue weighted by molar-refractivity contribution is 0.0686. The van der Waals surface area contributed by atoms with E-state index in [9.17, 15) is 4.79 Å². The first-order valence-electron chi connectivity index (χ1n) is 7.39. The number of carbonyl (C=O) groups is 1. The lowest BCUT2D eigenvalue weighted by Gasteiger charge is -2.33. The number of piperidine rings is 1. The van der Waals surface area contributed by atoms with Gasteiger partial charge in [-0.05, 0) is 49.5 Å². The fraction of sp³-hybridized carbons (Fsp3) is 0.667. The number of hydrogen-bond acceptors (Lipinski definition) is 4. The van der Waals surface area contributed by atoms with E-state index in [0.717, 1.165) is 43.0 Å². The molecule has 1 unspecified atom stereocenters. The van der Waals surface area contributed by atoms with Crippen molar-refractivity contribution in [2.75, 3.05) is 18.8 Å². The molecule has 0 saturated carbocycles. The standard InChI is InChI=1S/C15H22N2OS2/c1-10(16)11-2-5-17(6-3-11)15(18)14-8-12-9-19-7-4-13(12)20-14/h8,10-11H,2-7,9,16H2,1H3. The van der Waals surface area contributed by atoms with Crippen molar-refractivity contribution in [3.63, 3.8) is 0 Å². The fourth-order valence-electron chi connectivity index (χ4n) is 3.04. The predicted octanol–water partition coefficient (Wildman–Crippen LogP) is 2.74. The van der Waals surface area contributed by atoms with Crippen molar-refractivity contribution in [2.24, 2.45) is 11.7 Å². The number of thiophene rings is 1. The number of carbonyl (C=O) groups excluding carboxylic acids is 1. The molecule has 1 saturated heterocycles. The van der Waals surface area contributed by atoms with Crippen molar-refractivity contribution in [1.29, 1.82) is 0 Å². The number of hydrogen-bond donors (Lipinski definition) is 1. The molecular formula is C15H22N2OS2. The second kappa shape index (κ2) is 6.08. The molecule has 3 heterocycles. The zero-order valence-electron chi connectivity index (χ0n) is 11.9. The van der Waals surface area contributed by atoms with E-state index in [-0.39, 0.29) is 11.9 Å². The highest BCUT2D eigenvalue weighted by Gasteiger charge is 2.27. The van der Waals surface area contributed by atoms with Crippen LogP contribution in [0.3, 0.4) is 0 Å². The van der Waals surface area contributed by atoms with Crippen LogP contribution in [-0.4, -0.2) is 35.7 Å². The van der Waals surface area contributed by atoms with E-state index < -0.39 is 0 Å². The summed E-state index contributed by atoms with van der Waals surface area (Å²) in [6, 6.07) is 2.38. The molecule has 1 atom stereocenters. The van der Waals surface area contributed by atoms with E-state index in [4.69, 9.17) is 5.73 Å². The summed E-state index contributed by atoms with van der Waals surface area (Å²) in [7, 11) is 0. The molecule has 20 heavy (non-hydrogen) atoms. The monoisotopic (exact) mass is 310 g/mol. The van der Waals surface area contributed by atoms with E-state index in [1.54, 1.807) is 11.3 Å². The second-order valence-electron chi connectivity index (χ2n) is 5.85. The summed E-state index contributed by atoms with van der Waals surface area (Å²) in [5.74, 6) is 3.08. The number of rotatable bonds is 2. The maximum atomic E-state index is 12.6. The number of amides is 1. The molecule has 2 aliphatic heterocycles. The normalized spacial score (nSPS) is 21.6. The number of thioether (sulfide) groups is 1. The molecule has 5 heteroatoms. The number of likely N-dealkylation sites (tertiary alicyclic amines) is 1. The minimum absolute atomic E-state index is 0.234. The minimum atomic E-state index is 0.234. The van der Waals surface area contributed by atoms with Crippen LogP contribution in [0.25, 0.3) is 0 Å². The van der Waals surface area contributed by atoms with E-state index in [2.05, 4.69) is 13.0 Å². The van der Waals surface area contributed by atoms with Gasteiger partial charge in [-0.25, -0.2) is 0 Å². The summed E-state index contributed by atoms with van der Waals surface area (Å²) >= 11 is 3.68. The van der Waals surface area contributed by atoms with Gasteiger partial charge in [-0.2, -0.15) is 11.8 Å². The first kappa shape index (κ1) is 14.4. The topological polar surface area (TPSA) is 46.3 Å². The van der Waals surface area contributed by atoms with Crippen LogP contribution >= 0.6 is 23.1 Å². The Morgan fingerprint density at radius 3 is 2.85 bits per heavy atom. The van der Waals surface area contributed by atoms with Crippen molar-refractivity contribution in [1.82, 2.24) is 4.90 Å². The van der Waals surface area contributed by atoms with E-state index in [1.165, 1.54) is 16.2 Å². The van der Waals surface area contributed by atoms with Crippen LogP contribution in [0.5, 0.6) is 0 Å². The third kappa shape index (κ3) is 2.90. The highest BCUT2D eigenvalue weighted by atomic mass is 32.2. The maximum Gasteiger partial charge on any atom is 0.263 e. The van der Waals surface area contributed by atoms with Crippen molar-refractivity contribution in [3.8, 4) is 0 Å². The summed E-state index contributed by atoms with van der Waals surface area (Å²) < 4.78 is 0.